The highest BCUT2D eigenvalue weighted by Crippen LogP contribution is 2.44. The minimum atomic E-state index is -0.206. The highest BCUT2D eigenvalue weighted by Gasteiger charge is 2.42. The van der Waals surface area contributed by atoms with Gasteiger partial charge in [0.2, 0.25) is 0 Å². The molecule has 0 aliphatic heterocycles. The van der Waals surface area contributed by atoms with Crippen LogP contribution in [0.4, 0.5) is 11.6 Å². The minimum absolute atomic E-state index is 0.206. The topological polar surface area (TPSA) is 108 Å². The van der Waals surface area contributed by atoms with Gasteiger partial charge in [-0.15, -0.1) is 0 Å². The van der Waals surface area contributed by atoms with Gasteiger partial charge in [0.1, 0.15) is 18.0 Å². The highest BCUT2D eigenvalue weighted by atomic mass is 16.5. The number of hydrogen-bond acceptors (Lipinski definition) is 8. The summed E-state index contributed by atoms with van der Waals surface area (Å²) in [5.41, 5.74) is 1.64. The third-order valence-corrected chi connectivity index (χ3v) is 6.24. The van der Waals surface area contributed by atoms with Crippen molar-refractivity contribution in [2.75, 3.05) is 37.4 Å². The molecule has 0 aromatic carbocycles. The molecule has 164 valence electrons. The van der Waals surface area contributed by atoms with E-state index in [1.165, 1.54) is 0 Å². The van der Waals surface area contributed by atoms with Crippen LogP contribution in [-0.2, 0) is 4.74 Å². The highest BCUT2D eigenvalue weighted by molar-refractivity contribution is 5.65. The van der Waals surface area contributed by atoms with Crippen LogP contribution in [-0.4, -0.2) is 53.8 Å². The summed E-state index contributed by atoms with van der Waals surface area (Å²) >= 11 is 0. The number of nitriles is 1. The Morgan fingerprint density at radius 1 is 1.10 bits per heavy atom. The summed E-state index contributed by atoms with van der Waals surface area (Å²) in [6.07, 6.45) is 9.85. The fourth-order valence-electron chi connectivity index (χ4n) is 4.04. The number of ether oxygens (including phenoxy) is 1. The van der Waals surface area contributed by atoms with Gasteiger partial charge in [0.05, 0.1) is 23.8 Å². The van der Waals surface area contributed by atoms with Crippen molar-refractivity contribution >= 4 is 11.6 Å². The SMILES string of the molecule is COCCNC1CCC(Nc2cc(-c3ccnc(NCC4(C#N)CC4)c3)ncn2)CC1. The van der Waals surface area contributed by atoms with E-state index in [9.17, 15) is 5.26 Å². The average molecular weight is 422 g/mol. The van der Waals surface area contributed by atoms with Gasteiger partial charge in [0.25, 0.3) is 0 Å². The van der Waals surface area contributed by atoms with Crippen molar-refractivity contribution in [2.24, 2.45) is 5.41 Å². The summed E-state index contributed by atoms with van der Waals surface area (Å²) in [5, 5.41) is 19.7. The number of pyridine rings is 1. The molecule has 0 unspecified atom stereocenters. The molecule has 2 aromatic rings. The van der Waals surface area contributed by atoms with Gasteiger partial charge in [0, 0.05) is 50.1 Å². The number of rotatable bonds is 10. The van der Waals surface area contributed by atoms with Gasteiger partial charge in [-0.25, -0.2) is 15.0 Å². The third kappa shape index (κ3) is 5.90. The number of nitrogens with one attached hydrogen (secondary N) is 3. The molecular weight excluding hydrogens is 390 g/mol. The van der Waals surface area contributed by atoms with E-state index in [4.69, 9.17) is 4.74 Å². The van der Waals surface area contributed by atoms with E-state index in [2.05, 4.69) is 37.0 Å². The summed E-state index contributed by atoms with van der Waals surface area (Å²) in [7, 11) is 1.74. The lowest BCUT2D eigenvalue weighted by Crippen LogP contribution is -2.38. The molecule has 8 heteroatoms. The van der Waals surface area contributed by atoms with E-state index < -0.39 is 0 Å². The summed E-state index contributed by atoms with van der Waals surface area (Å²) in [5.74, 6) is 1.62. The lowest BCUT2D eigenvalue weighted by atomic mass is 9.91. The second-order valence-electron chi connectivity index (χ2n) is 8.60. The van der Waals surface area contributed by atoms with Gasteiger partial charge in [-0.05, 0) is 50.7 Å². The Morgan fingerprint density at radius 2 is 1.90 bits per heavy atom. The molecule has 2 saturated carbocycles. The second-order valence-corrected chi connectivity index (χ2v) is 8.60. The summed E-state index contributed by atoms with van der Waals surface area (Å²) < 4.78 is 5.11. The van der Waals surface area contributed by atoms with E-state index >= 15 is 0 Å². The molecule has 0 saturated heterocycles. The molecule has 0 spiro atoms. The predicted octanol–water partition coefficient (Wildman–Crippen LogP) is 3.21. The molecule has 8 nitrogen and oxygen atoms in total. The summed E-state index contributed by atoms with van der Waals surface area (Å²) in [6, 6.07) is 9.34. The molecule has 31 heavy (non-hydrogen) atoms. The fourth-order valence-corrected chi connectivity index (χ4v) is 4.04. The maximum Gasteiger partial charge on any atom is 0.130 e. The third-order valence-electron chi connectivity index (χ3n) is 6.24. The molecule has 3 N–H and O–H groups in total. The first kappa shape index (κ1) is 21.5. The van der Waals surface area contributed by atoms with Crippen molar-refractivity contribution in [3.63, 3.8) is 0 Å². The zero-order valence-corrected chi connectivity index (χ0v) is 18.1. The summed E-state index contributed by atoms with van der Waals surface area (Å²) in [4.78, 5) is 13.3. The predicted molar refractivity (Wildman–Crippen MR) is 121 cm³/mol. The van der Waals surface area contributed by atoms with Crippen molar-refractivity contribution in [2.45, 2.75) is 50.6 Å². The minimum Gasteiger partial charge on any atom is -0.383 e. The van der Waals surface area contributed by atoms with E-state index in [1.54, 1.807) is 19.6 Å². The van der Waals surface area contributed by atoms with Crippen LogP contribution in [0.2, 0.25) is 0 Å². The van der Waals surface area contributed by atoms with Crippen LogP contribution in [0.1, 0.15) is 38.5 Å². The molecule has 0 amide bonds. The lowest BCUT2D eigenvalue weighted by molar-refractivity contribution is 0.191. The zero-order valence-electron chi connectivity index (χ0n) is 18.1. The molecule has 4 rings (SSSR count). The first-order valence-electron chi connectivity index (χ1n) is 11.1. The van der Waals surface area contributed by atoms with Crippen molar-refractivity contribution in [3.05, 3.63) is 30.7 Å². The Labute approximate surface area is 183 Å². The Balaban J connectivity index is 1.32. The van der Waals surface area contributed by atoms with Crippen LogP contribution in [0.3, 0.4) is 0 Å². The van der Waals surface area contributed by atoms with Gasteiger partial charge < -0.3 is 20.7 Å². The van der Waals surface area contributed by atoms with Crippen LogP contribution < -0.4 is 16.0 Å². The number of hydrogen-bond donors (Lipinski definition) is 3. The molecule has 2 aromatic heterocycles. The molecule has 2 fully saturated rings. The number of nitrogens with zero attached hydrogens (tertiary/aromatic N) is 4. The Morgan fingerprint density at radius 3 is 2.65 bits per heavy atom. The molecule has 0 bridgehead atoms. The van der Waals surface area contributed by atoms with Crippen molar-refractivity contribution in [3.8, 4) is 17.3 Å². The van der Waals surface area contributed by atoms with Crippen LogP contribution in [0.15, 0.2) is 30.7 Å². The maximum atomic E-state index is 9.25. The number of anilines is 2. The smallest absolute Gasteiger partial charge is 0.130 e. The van der Waals surface area contributed by atoms with Gasteiger partial charge >= 0.3 is 0 Å². The number of aromatic nitrogens is 3. The van der Waals surface area contributed by atoms with Gasteiger partial charge in [-0.1, -0.05) is 0 Å². The number of methoxy groups -OCH3 is 1. The average Bonchev–Trinajstić information content (AvgIpc) is 3.60. The van der Waals surface area contributed by atoms with Crippen LogP contribution in [0.5, 0.6) is 0 Å². The monoisotopic (exact) mass is 421 g/mol. The van der Waals surface area contributed by atoms with E-state index in [1.807, 2.05) is 18.2 Å². The maximum absolute atomic E-state index is 9.25. The normalized spacial score (nSPS) is 21.8. The van der Waals surface area contributed by atoms with Gasteiger partial charge in [-0.2, -0.15) is 5.26 Å². The zero-order chi connectivity index (χ0) is 21.5. The fraction of sp³-hybridized carbons (Fsp3) is 0.565. The molecule has 2 aliphatic rings. The first-order valence-corrected chi connectivity index (χ1v) is 11.1. The first-order chi connectivity index (χ1) is 15.2. The molecule has 2 heterocycles. The van der Waals surface area contributed by atoms with E-state index in [0.29, 0.717) is 18.6 Å². The van der Waals surface area contributed by atoms with Crippen molar-refractivity contribution in [1.82, 2.24) is 20.3 Å². The Hall–Kier alpha value is -2.76. The molecule has 0 radical (unpaired) electrons. The Bertz CT molecular complexity index is 901. The van der Waals surface area contributed by atoms with Crippen LogP contribution in [0.25, 0.3) is 11.3 Å². The lowest BCUT2D eigenvalue weighted by Gasteiger charge is -2.30. The molecular formula is C23H31N7O. The Kier molecular flexibility index (Phi) is 6.95. The van der Waals surface area contributed by atoms with Crippen LogP contribution in [0, 0.1) is 16.7 Å². The summed E-state index contributed by atoms with van der Waals surface area (Å²) in [6.45, 7) is 2.31. The molecule has 2 aliphatic carbocycles. The van der Waals surface area contributed by atoms with E-state index in [0.717, 1.165) is 74.6 Å². The van der Waals surface area contributed by atoms with E-state index in [-0.39, 0.29) is 5.41 Å². The van der Waals surface area contributed by atoms with Crippen LogP contribution >= 0.6 is 0 Å². The van der Waals surface area contributed by atoms with Gasteiger partial charge in [0.15, 0.2) is 0 Å². The largest absolute Gasteiger partial charge is 0.383 e. The standard InChI is InChI=1S/C23H31N7O/c1-31-11-10-25-18-2-4-19(5-3-18)30-22-13-20(28-16-29-22)17-6-9-26-21(12-17)27-15-23(14-24)7-8-23/h6,9,12-13,16,18-19,25H,2-5,7-8,10-11,15H2,1H3,(H,26,27)(H,28,29,30). The second kappa shape index (κ2) is 10.0. The van der Waals surface area contributed by atoms with Crippen molar-refractivity contribution in [1.29, 1.82) is 5.26 Å². The van der Waals surface area contributed by atoms with Gasteiger partial charge in [-0.3, -0.25) is 0 Å². The quantitative estimate of drug-likeness (QED) is 0.502. The molecule has 0 atom stereocenters. The van der Waals surface area contributed by atoms with Crippen molar-refractivity contribution < 1.29 is 4.74 Å².